The Morgan fingerprint density at radius 2 is 2.26 bits per heavy atom. The van der Waals surface area contributed by atoms with Gasteiger partial charge in [-0.05, 0) is 31.7 Å². The fourth-order valence-electron chi connectivity index (χ4n) is 2.15. The maximum Gasteiger partial charge on any atom is 0.297 e. The summed E-state index contributed by atoms with van der Waals surface area (Å²) in [5.74, 6) is 0.666. The van der Waals surface area contributed by atoms with Crippen molar-refractivity contribution in [2.45, 2.75) is 59.0 Å². The van der Waals surface area contributed by atoms with Crippen LogP contribution in [0.1, 0.15) is 52.1 Å². The van der Waals surface area contributed by atoms with Crippen molar-refractivity contribution in [2.75, 3.05) is 18.0 Å². The van der Waals surface area contributed by atoms with Gasteiger partial charge >= 0.3 is 0 Å². The van der Waals surface area contributed by atoms with Crippen molar-refractivity contribution in [1.29, 1.82) is 0 Å². The van der Waals surface area contributed by atoms with Crippen molar-refractivity contribution in [3.63, 3.8) is 0 Å². The van der Waals surface area contributed by atoms with E-state index in [9.17, 15) is 0 Å². The van der Waals surface area contributed by atoms with E-state index in [1.54, 1.807) is 6.26 Å². The maximum absolute atomic E-state index is 5.66. The number of hydrogen-bond donors (Lipinski definition) is 1. The second kappa shape index (κ2) is 6.94. The second-order valence-corrected chi connectivity index (χ2v) is 5.92. The van der Waals surface area contributed by atoms with E-state index in [-0.39, 0.29) is 0 Å². The standard InChI is InChI=1S/C15H27N3O/c1-4-5-8-18(14-6-7-14)15-17-13(11-19-15)10-16-9-12(2)3/h11-12,14,16H,4-10H2,1-3H3. The zero-order chi connectivity index (χ0) is 13.7. The monoisotopic (exact) mass is 265 g/mol. The lowest BCUT2D eigenvalue weighted by Gasteiger charge is -2.19. The smallest absolute Gasteiger partial charge is 0.297 e. The lowest BCUT2D eigenvalue weighted by Crippen LogP contribution is -2.27. The van der Waals surface area contributed by atoms with Gasteiger partial charge in [0, 0.05) is 19.1 Å². The topological polar surface area (TPSA) is 41.3 Å². The van der Waals surface area contributed by atoms with Gasteiger partial charge in [0.2, 0.25) is 0 Å². The van der Waals surface area contributed by atoms with Gasteiger partial charge in [0.05, 0.1) is 5.69 Å². The molecule has 108 valence electrons. The Bertz CT molecular complexity index is 371. The Hall–Kier alpha value is -1.03. The van der Waals surface area contributed by atoms with Gasteiger partial charge in [-0.1, -0.05) is 27.2 Å². The highest BCUT2D eigenvalue weighted by Crippen LogP contribution is 2.31. The Kier molecular flexibility index (Phi) is 5.25. The van der Waals surface area contributed by atoms with Gasteiger partial charge in [-0.25, -0.2) is 0 Å². The molecular weight excluding hydrogens is 238 g/mol. The first-order chi connectivity index (χ1) is 9.20. The number of aromatic nitrogens is 1. The molecule has 0 spiro atoms. The highest BCUT2D eigenvalue weighted by molar-refractivity contribution is 5.31. The molecule has 0 atom stereocenters. The molecule has 1 saturated carbocycles. The van der Waals surface area contributed by atoms with Crippen molar-refractivity contribution < 1.29 is 4.42 Å². The van der Waals surface area contributed by atoms with Crippen LogP contribution in [-0.4, -0.2) is 24.1 Å². The third-order valence-electron chi connectivity index (χ3n) is 3.38. The van der Waals surface area contributed by atoms with Crippen LogP contribution in [0.25, 0.3) is 0 Å². The molecule has 0 aromatic carbocycles. The summed E-state index contributed by atoms with van der Waals surface area (Å²) in [6.07, 6.45) is 6.79. The molecule has 0 unspecified atom stereocenters. The first kappa shape index (κ1) is 14.4. The quantitative estimate of drug-likeness (QED) is 0.744. The zero-order valence-corrected chi connectivity index (χ0v) is 12.5. The number of rotatable bonds is 9. The highest BCUT2D eigenvalue weighted by atomic mass is 16.4. The summed E-state index contributed by atoms with van der Waals surface area (Å²) in [4.78, 5) is 6.96. The van der Waals surface area contributed by atoms with Crippen molar-refractivity contribution in [3.8, 4) is 0 Å². The third kappa shape index (κ3) is 4.53. The van der Waals surface area contributed by atoms with Crippen LogP contribution >= 0.6 is 0 Å². The van der Waals surface area contributed by atoms with Crippen LogP contribution in [0.3, 0.4) is 0 Å². The van der Waals surface area contributed by atoms with Crippen molar-refractivity contribution in [2.24, 2.45) is 5.92 Å². The molecule has 1 N–H and O–H groups in total. The minimum Gasteiger partial charge on any atom is -0.432 e. The van der Waals surface area contributed by atoms with Crippen LogP contribution in [0.15, 0.2) is 10.7 Å². The van der Waals surface area contributed by atoms with E-state index in [1.165, 1.54) is 25.7 Å². The van der Waals surface area contributed by atoms with Gasteiger partial charge in [-0.3, -0.25) is 0 Å². The predicted molar refractivity (Wildman–Crippen MR) is 78.3 cm³/mol. The van der Waals surface area contributed by atoms with E-state index < -0.39 is 0 Å². The molecule has 2 rings (SSSR count). The van der Waals surface area contributed by atoms with Gasteiger partial charge < -0.3 is 14.6 Å². The largest absolute Gasteiger partial charge is 0.432 e. The lowest BCUT2D eigenvalue weighted by molar-refractivity contribution is 0.521. The predicted octanol–water partition coefficient (Wildman–Crippen LogP) is 3.19. The summed E-state index contributed by atoms with van der Waals surface area (Å²) in [6.45, 7) is 9.53. The minimum absolute atomic E-state index is 0.666. The van der Waals surface area contributed by atoms with E-state index in [4.69, 9.17) is 4.42 Å². The molecule has 4 heteroatoms. The summed E-state index contributed by atoms with van der Waals surface area (Å²) in [7, 11) is 0. The van der Waals surface area contributed by atoms with E-state index in [0.29, 0.717) is 12.0 Å². The lowest BCUT2D eigenvalue weighted by atomic mass is 10.2. The summed E-state index contributed by atoms with van der Waals surface area (Å²) >= 11 is 0. The Morgan fingerprint density at radius 1 is 1.47 bits per heavy atom. The van der Waals surface area contributed by atoms with Crippen LogP contribution in [-0.2, 0) is 6.54 Å². The second-order valence-electron chi connectivity index (χ2n) is 5.92. The molecule has 0 radical (unpaired) electrons. The van der Waals surface area contributed by atoms with E-state index in [0.717, 1.165) is 31.3 Å². The molecule has 1 fully saturated rings. The molecule has 0 amide bonds. The number of anilines is 1. The number of oxazole rings is 1. The molecule has 1 aromatic rings. The first-order valence-corrected chi connectivity index (χ1v) is 7.62. The molecule has 1 aromatic heterocycles. The SMILES string of the molecule is CCCCN(c1nc(CNCC(C)C)co1)C1CC1. The molecule has 0 bridgehead atoms. The molecular formula is C15H27N3O. The molecule has 4 nitrogen and oxygen atoms in total. The Morgan fingerprint density at radius 3 is 2.89 bits per heavy atom. The van der Waals surface area contributed by atoms with E-state index >= 15 is 0 Å². The minimum atomic E-state index is 0.666. The summed E-state index contributed by atoms with van der Waals surface area (Å²) < 4.78 is 5.66. The number of unbranched alkanes of at least 4 members (excludes halogenated alkanes) is 1. The van der Waals surface area contributed by atoms with Crippen LogP contribution in [0, 0.1) is 5.92 Å². The summed E-state index contributed by atoms with van der Waals surface area (Å²) in [5, 5.41) is 3.40. The Labute approximate surface area is 116 Å². The molecule has 0 aliphatic heterocycles. The van der Waals surface area contributed by atoms with E-state index in [1.807, 2.05) is 0 Å². The van der Waals surface area contributed by atoms with Crippen molar-refractivity contribution in [1.82, 2.24) is 10.3 Å². The van der Waals surface area contributed by atoms with Crippen LogP contribution in [0.4, 0.5) is 6.01 Å². The number of nitrogens with one attached hydrogen (secondary N) is 1. The van der Waals surface area contributed by atoms with Crippen LogP contribution < -0.4 is 10.2 Å². The van der Waals surface area contributed by atoms with E-state index in [2.05, 4.69) is 36.0 Å². The average molecular weight is 265 g/mol. The van der Waals surface area contributed by atoms with Gasteiger partial charge in [0.15, 0.2) is 0 Å². The normalized spacial score (nSPS) is 15.2. The molecule has 1 heterocycles. The fourth-order valence-corrected chi connectivity index (χ4v) is 2.15. The zero-order valence-electron chi connectivity index (χ0n) is 12.5. The molecule has 19 heavy (non-hydrogen) atoms. The summed E-state index contributed by atoms with van der Waals surface area (Å²) in [6, 6.07) is 1.49. The number of nitrogens with zero attached hydrogens (tertiary/aromatic N) is 2. The highest BCUT2D eigenvalue weighted by Gasteiger charge is 2.31. The molecule has 0 saturated heterocycles. The van der Waals surface area contributed by atoms with Crippen molar-refractivity contribution in [3.05, 3.63) is 12.0 Å². The average Bonchev–Trinajstić information content (AvgIpc) is 3.10. The maximum atomic E-state index is 5.66. The fraction of sp³-hybridized carbons (Fsp3) is 0.800. The number of hydrogen-bond acceptors (Lipinski definition) is 4. The van der Waals surface area contributed by atoms with Crippen LogP contribution in [0.2, 0.25) is 0 Å². The van der Waals surface area contributed by atoms with Crippen LogP contribution in [0.5, 0.6) is 0 Å². The Balaban J connectivity index is 1.86. The molecule has 1 aliphatic carbocycles. The van der Waals surface area contributed by atoms with Gasteiger partial charge in [0.25, 0.3) is 6.01 Å². The third-order valence-corrected chi connectivity index (χ3v) is 3.38. The van der Waals surface area contributed by atoms with Gasteiger partial charge in [-0.2, -0.15) is 4.98 Å². The van der Waals surface area contributed by atoms with Gasteiger partial charge in [0.1, 0.15) is 6.26 Å². The summed E-state index contributed by atoms with van der Waals surface area (Å²) in [5.41, 5.74) is 1.01. The van der Waals surface area contributed by atoms with Crippen molar-refractivity contribution >= 4 is 6.01 Å². The molecule has 1 aliphatic rings. The van der Waals surface area contributed by atoms with Gasteiger partial charge in [-0.15, -0.1) is 0 Å². The first-order valence-electron chi connectivity index (χ1n) is 7.62.